The molecule has 0 aromatic carbocycles. The predicted octanol–water partition coefficient (Wildman–Crippen LogP) is 1.47. The maximum atomic E-state index is 12.2. The number of thiazole rings is 1. The summed E-state index contributed by atoms with van der Waals surface area (Å²) in [6, 6.07) is 0. The molecule has 1 saturated heterocycles. The molecule has 2 heterocycles. The van der Waals surface area contributed by atoms with Gasteiger partial charge in [0.15, 0.2) is 0 Å². The van der Waals surface area contributed by atoms with Crippen molar-refractivity contribution in [2.24, 2.45) is 5.92 Å². The van der Waals surface area contributed by atoms with Crippen LogP contribution in [0.2, 0.25) is 0 Å². The first-order valence-electron chi connectivity index (χ1n) is 5.91. The van der Waals surface area contributed by atoms with Crippen LogP contribution in [-0.4, -0.2) is 40.1 Å². The van der Waals surface area contributed by atoms with Crippen LogP contribution >= 0.6 is 11.3 Å². The van der Waals surface area contributed by atoms with Crippen LogP contribution in [0.1, 0.15) is 34.2 Å². The lowest BCUT2D eigenvalue weighted by Gasteiger charge is -2.35. The third-order valence-corrected chi connectivity index (χ3v) is 3.75. The molecule has 0 bridgehead atoms. The number of aromatic nitrogens is 1. The zero-order valence-electron chi connectivity index (χ0n) is 10.4. The van der Waals surface area contributed by atoms with Crippen molar-refractivity contribution in [1.29, 1.82) is 0 Å². The summed E-state index contributed by atoms with van der Waals surface area (Å²) in [7, 11) is 0. The molecule has 0 radical (unpaired) electrons. The van der Waals surface area contributed by atoms with Crippen LogP contribution < -0.4 is 0 Å². The van der Waals surface area contributed by atoms with Crippen molar-refractivity contribution < 1.29 is 9.90 Å². The van der Waals surface area contributed by atoms with Crippen molar-refractivity contribution in [3.05, 3.63) is 15.6 Å². The molecule has 0 unspecified atom stereocenters. The molecule has 4 nitrogen and oxygen atoms in total. The second-order valence-electron chi connectivity index (χ2n) is 4.97. The number of carbonyl (C=O) groups is 1. The lowest BCUT2D eigenvalue weighted by Crippen LogP contribution is -2.53. The van der Waals surface area contributed by atoms with Gasteiger partial charge in [-0.3, -0.25) is 4.79 Å². The molecule has 1 amide bonds. The van der Waals surface area contributed by atoms with Crippen molar-refractivity contribution >= 4 is 17.2 Å². The van der Waals surface area contributed by atoms with Gasteiger partial charge in [0.1, 0.15) is 4.88 Å². The minimum atomic E-state index is -0.346. The fraction of sp³-hybridized carbons (Fsp3) is 0.667. The monoisotopic (exact) mass is 254 g/mol. The average Bonchev–Trinajstić information content (AvgIpc) is 2.52. The average molecular weight is 254 g/mol. The fourth-order valence-electron chi connectivity index (χ4n) is 1.93. The summed E-state index contributed by atoms with van der Waals surface area (Å²) in [4.78, 5) is 19.0. The van der Waals surface area contributed by atoms with Gasteiger partial charge < -0.3 is 10.0 Å². The Morgan fingerprint density at radius 1 is 1.59 bits per heavy atom. The summed E-state index contributed by atoms with van der Waals surface area (Å²) in [5.74, 6) is 0.515. The number of amides is 1. The van der Waals surface area contributed by atoms with Crippen LogP contribution in [0.25, 0.3) is 0 Å². The molecule has 1 aromatic rings. The molecule has 0 aliphatic carbocycles. The molecule has 94 valence electrons. The quantitative estimate of drug-likeness (QED) is 0.888. The number of likely N-dealkylation sites (tertiary alicyclic amines) is 1. The highest BCUT2D eigenvalue weighted by Gasteiger charge is 2.32. The first-order chi connectivity index (χ1) is 7.97. The van der Waals surface area contributed by atoms with Gasteiger partial charge >= 0.3 is 0 Å². The number of hydrogen-bond donors (Lipinski definition) is 1. The molecule has 1 aliphatic rings. The van der Waals surface area contributed by atoms with Crippen LogP contribution in [0.4, 0.5) is 0 Å². The van der Waals surface area contributed by atoms with E-state index in [-0.39, 0.29) is 12.0 Å². The van der Waals surface area contributed by atoms with E-state index in [0.29, 0.717) is 19.0 Å². The van der Waals surface area contributed by atoms with Gasteiger partial charge in [0, 0.05) is 13.1 Å². The van der Waals surface area contributed by atoms with E-state index < -0.39 is 0 Å². The lowest BCUT2D eigenvalue weighted by atomic mass is 10.1. The van der Waals surface area contributed by atoms with Gasteiger partial charge in [-0.25, -0.2) is 4.98 Å². The highest BCUT2D eigenvalue weighted by molar-refractivity contribution is 7.13. The summed E-state index contributed by atoms with van der Waals surface area (Å²) in [6.45, 7) is 7.08. The van der Waals surface area contributed by atoms with Gasteiger partial charge in [-0.1, -0.05) is 13.8 Å². The molecular formula is C12H18N2O2S. The molecule has 17 heavy (non-hydrogen) atoms. The van der Waals surface area contributed by atoms with Gasteiger partial charge in [-0.05, 0) is 19.3 Å². The molecule has 1 aliphatic heterocycles. The Bertz CT molecular complexity index is 422. The lowest BCUT2D eigenvalue weighted by molar-refractivity contribution is 0.00612. The van der Waals surface area contributed by atoms with Crippen LogP contribution in [0, 0.1) is 12.8 Å². The SMILES string of the molecule is Cc1nc(CC(C)C)c(C(=O)N2CC(O)C2)s1. The predicted molar refractivity (Wildman–Crippen MR) is 67.3 cm³/mol. The minimum Gasteiger partial charge on any atom is -0.389 e. The first kappa shape index (κ1) is 12.5. The largest absolute Gasteiger partial charge is 0.389 e. The normalized spacial score (nSPS) is 16.4. The number of rotatable bonds is 3. The zero-order chi connectivity index (χ0) is 12.6. The van der Waals surface area contributed by atoms with E-state index in [9.17, 15) is 9.90 Å². The van der Waals surface area contributed by atoms with Crippen molar-refractivity contribution in [2.45, 2.75) is 33.3 Å². The Labute approximate surface area is 105 Å². The van der Waals surface area contributed by atoms with E-state index >= 15 is 0 Å². The summed E-state index contributed by atoms with van der Waals surface area (Å²) in [5, 5.41) is 10.2. The van der Waals surface area contributed by atoms with Crippen LogP contribution in [-0.2, 0) is 6.42 Å². The Hall–Kier alpha value is -0.940. The third-order valence-electron chi connectivity index (χ3n) is 2.75. The second-order valence-corrected chi connectivity index (χ2v) is 6.17. The third kappa shape index (κ3) is 2.66. The van der Waals surface area contributed by atoms with E-state index in [1.165, 1.54) is 11.3 Å². The second kappa shape index (κ2) is 4.74. The number of aliphatic hydroxyl groups is 1. The van der Waals surface area contributed by atoms with Crippen molar-refractivity contribution in [3.63, 3.8) is 0 Å². The van der Waals surface area contributed by atoms with Gasteiger partial charge in [0.25, 0.3) is 5.91 Å². The van der Waals surface area contributed by atoms with E-state index in [4.69, 9.17) is 0 Å². The minimum absolute atomic E-state index is 0.0246. The van der Waals surface area contributed by atoms with Gasteiger partial charge in [-0.2, -0.15) is 0 Å². The molecular weight excluding hydrogens is 236 g/mol. The maximum Gasteiger partial charge on any atom is 0.266 e. The molecule has 0 saturated carbocycles. The van der Waals surface area contributed by atoms with Crippen molar-refractivity contribution in [2.75, 3.05) is 13.1 Å². The highest BCUT2D eigenvalue weighted by Crippen LogP contribution is 2.24. The number of aliphatic hydroxyl groups excluding tert-OH is 1. The van der Waals surface area contributed by atoms with Crippen molar-refractivity contribution in [3.8, 4) is 0 Å². The number of hydrogen-bond acceptors (Lipinski definition) is 4. The van der Waals surface area contributed by atoms with Gasteiger partial charge in [0.2, 0.25) is 0 Å². The highest BCUT2D eigenvalue weighted by atomic mass is 32.1. The Morgan fingerprint density at radius 2 is 2.24 bits per heavy atom. The molecule has 2 rings (SSSR count). The standard InChI is InChI=1S/C12H18N2O2S/c1-7(2)4-10-11(17-8(3)13-10)12(16)14-5-9(15)6-14/h7,9,15H,4-6H2,1-3H3. The number of aryl methyl sites for hydroxylation is 1. The number of nitrogens with zero attached hydrogens (tertiary/aromatic N) is 2. The Balaban J connectivity index is 2.16. The van der Waals surface area contributed by atoms with Crippen LogP contribution in [0.3, 0.4) is 0 Å². The van der Waals surface area contributed by atoms with Gasteiger partial charge in [-0.15, -0.1) is 11.3 Å². The topological polar surface area (TPSA) is 53.4 Å². The van der Waals surface area contributed by atoms with E-state index in [0.717, 1.165) is 22.0 Å². The van der Waals surface area contributed by atoms with Crippen LogP contribution in [0.5, 0.6) is 0 Å². The smallest absolute Gasteiger partial charge is 0.266 e. The van der Waals surface area contributed by atoms with E-state index in [1.807, 2.05) is 6.92 Å². The fourth-order valence-corrected chi connectivity index (χ4v) is 2.84. The van der Waals surface area contributed by atoms with E-state index in [1.54, 1.807) is 4.90 Å². The van der Waals surface area contributed by atoms with Crippen molar-refractivity contribution in [1.82, 2.24) is 9.88 Å². The molecule has 1 aromatic heterocycles. The van der Waals surface area contributed by atoms with Crippen LogP contribution in [0.15, 0.2) is 0 Å². The number of carbonyl (C=O) groups excluding carboxylic acids is 1. The Kier molecular flexibility index (Phi) is 3.49. The molecule has 1 fully saturated rings. The maximum absolute atomic E-state index is 12.2. The Morgan fingerprint density at radius 3 is 2.76 bits per heavy atom. The zero-order valence-corrected chi connectivity index (χ0v) is 11.3. The molecule has 0 atom stereocenters. The van der Waals surface area contributed by atoms with Gasteiger partial charge in [0.05, 0.1) is 16.8 Å². The first-order valence-corrected chi connectivity index (χ1v) is 6.72. The summed E-state index contributed by atoms with van der Waals surface area (Å²) < 4.78 is 0. The molecule has 0 spiro atoms. The molecule has 1 N–H and O–H groups in total. The summed E-state index contributed by atoms with van der Waals surface area (Å²) in [5.41, 5.74) is 0.911. The summed E-state index contributed by atoms with van der Waals surface area (Å²) >= 11 is 1.46. The summed E-state index contributed by atoms with van der Waals surface area (Å²) in [6.07, 6.45) is 0.489. The molecule has 5 heteroatoms. The van der Waals surface area contributed by atoms with E-state index in [2.05, 4.69) is 18.8 Å². The number of β-amino-alcohol motifs (C(OH)–C–C–N with tert-alkyl or cyclic N) is 1.